The molecule has 1 N–H and O–H groups in total. The molecule has 5 heteroatoms. The number of piperidine rings is 1. The summed E-state index contributed by atoms with van der Waals surface area (Å²) in [5.74, 6) is 0.264. The van der Waals surface area contributed by atoms with Crippen LogP contribution in [0.3, 0.4) is 0 Å². The van der Waals surface area contributed by atoms with Crippen LogP contribution in [0.15, 0.2) is 28.7 Å². The van der Waals surface area contributed by atoms with Crippen molar-refractivity contribution in [2.45, 2.75) is 26.2 Å². The summed E-state index contributed by atoms with van der Waals surface area (Å²) in [5, 5.41) is 11.0. The van der Waals surface area contributed by atoms with Gasteiger partial charge in [-0.25, -0.2) is 0 Å². The van der Waals surface area contributed by atoms with Crippen molar-refractivity contribution >= 4 is 28.5 Å². The Kier molecular flexibility index (Phi) is 4.15. The van der Waals surface area contributed by atoms with Crippen molar-refractivity contribution < 1.29 is 14.3 Å². The Morgan fingerprint density at radius 2 is 2.09 bits per heavy atom. The molecule has 0 radical (unpaired) electrons. The minimum absolute atomic E-state index is 0.0296. The molecule has 0 aliphatic carbocycles. The molecule has 0 spiro atoms. The molecular weight excluding hydrogens is 302 g/mol. The van der Waals surface area contributed by atoms with E-state index in [1.165, 1.54) is 0 Å². The number of carbonyl (C=O) groups is 1. The number of rotatable bonds is 3. The average molecular weight is 322 g/mol. The molecule has 2 heterocycles. The van der Waals surface area contributed by atoms with Crippen molar-refractivity contribution in [3.63, 3.8) is 0 Å². The standard InChI is InChI=1S/C17H20ClNO3/c1-2-17(11-20)5-7-19(8-6-17)16(21)15-10-12-9-13(18)3-4-14(12)22-15/h3-4,9-10,20H,2,5-8,11H2,1H3. The van der Waals surface area contributed by atoms with Crippen LogP contribution in [-0.2, 0) is 0 Å². The Morgan fingerprint density at radius 3 is 2.73 bits per heavy atom. The van der Waals surface area contributed by atoms with Crippen LogP contribution in [0.25, 0.3) is 11.0 Å². The zero-order chi connectivity index (χ0) is 15.7. The van der Waals surface area contributed by atoms with Gasteiger partial charge in [-0.3, -0.25) is 4.79 Å². The number of likely N-dealkylation sites (tertiary alicyclic amines) is 1. The monoisotopic (exact) mass is 321 g/mol. The van der Waals surface area contributed by atoms with Gasteiger partial charge in [0.05, 0.1) is 0 Å². The lowest BCUT2D eigenvalue weighted by Gasteiger charge is -2.39. The normalized spacial score (nSPS) is 17.9. The smallest absolute Gasteiger partial charge is 0.289 e. The fourth-order valence-corrected chi connectivity index (χ4v) is 3.26. The number of amides is 1. The third kappa shape index (κ3) is 2.73. The number of benzene rings is 1. The van der Waals surface area contributed by atoms with E-state index in [-0.39, 0.29) is 17.9 Å². The van der Waals surface area contributed by atoms with Gasteiger partial charge in [-0.1, -0.05) is 18.5 Å². The number of hydrogen-bond acceptors (Lipinski definition) is 3. The Hall–Kier alpha value is -1.52. The molecule has 22 heavy (non-hydrogen) atoms. The second-order valence-electron chi connectivity index (χ2n) is 6.10. The van der Waals surface area contributed by atoms with E-state index in [2.05, 4.69) is 6.92 Å². The second-order valence-corrected chi connectivity index (χ2v) is 6.53. The summed E-state index contributed by atoms with van der Waals surface area (Å²) in [6.07, 6.45) is 2.60. The van der Waals surface area contributed by atoms with Gasteiger partial charge in [0.2, 0.25) is 0 Å². The van der Waals surface area contributed by atoms with Gasteiger partial charge < -0.3 is 14.4 Å². The fraction of sp³-hybridized carbons (Fsp3) is 0.471. The van der Waals surface area contributed by atoms with Gasteiger partial charge in [0.15, 0.2) is 5.76 Å². The first kappa shape index (κ1) is 15.4. The lowest BCUT2D eigenvalue weighted by atomic mass is 9.77. The van der Waals surface area contributed by atoms with Crippen molar-refractivity contribution in [2.75, 3.05) is 19.7 Å². The van der Waals surface area contributed by atoms with Crippen LogP contribution in [0.2, 0.25) is 5.02 Å². The van der Waals surface area contributed by atoms with E-state index < -0.39 is 0 Å². The molecule has 2 aromatic rings. The van der Waals surface area contributed by atoms with E-state index in [0.29, 0.717) is 29.5 Å². The predicted octanol–water partition coefficient (Wildman–Crippen LogP) is 3.71. The summed E-state index contributed by atoms with van der Waals surface area (Å²) < 4.78 is 5.64. The number of fused-ring (bicyclic) bond motifs is 1. The lowest BCUT2D eigenvalue weighted by Crippen LogP contribution is -2.44. The number of aliphatic hydroxyl groups is 1. The summed E-state index contributed by atoms with van der Waals surface area (Å²) in [5.41, 5.74) is 0.640. The third-order valence-electron chi connectivity index (χ3n) is 4.89. The summed E-state index contributed by atoms with van der Waals surface area (Å²) >= 11 is 5.96. The molecule has 1 aliphatic rings. The Bertz CT molecular complexity index is 680. The van der Waals surface area contributed by atoms with Crippen molar-refractivity contribution in [3.05, 3.63) is 35.0 Å². The van der Waals surface area contributed by atoms with E-state index in [4.69, 9.17) is 16.0 Å². The summed E-state index contributed by atoms with van der Waals surface area (Å²) in [7, 11) is 0. The van der Waals surface area contributed by atoms with Gasteiger partial charge >= 0.3 is 0 Å². The highest BCUT2D eigenvalue weighted by atomic mass is 35.5. The second kappa shape index (κ2) is 5.94. The number of aliphatic hydroxyl groups excluding tert-OH is 1. The van der Waals surface area contributed by atoms with Gasteiger partial charge in [0.25, 0.3) is 5.91 Å². The third-order valence-corrected chi connectivity index (χ3v) is 5.12. The molecule has 1 aromatic carbocycles. The molecule has 0 saturated carbocycles. The van der Waals surface area contributed by atoms with Crippen molar-refractivity contribution in [3.8, 4) is 0 Å². The molecule has 4 nitrogen and oxygen atoms in total. The zero-order valence-electron chi connectivity index (χ0n) is 12.6. The van der Waals surface area contributed by atoms with Gasteiger partial charge in [-0.2, -0.15) is 0 Å². The highest BCUT2D eigenvalue weighted by Crippen LogP contribution is 2.35. The first-order chi connectivity index (χ1) is 10.6. The molecule has 1 fully saturated rings. The predicted molar refractivity (Wildman–Crippen MR) is 86.2 cm³/mol. The molecule has 3 rings (SSSR count). The number of hydrogen-bond donors (Lipinski definition) is 1. The van der Waals surface area contributed by atoms with E-state index >= 15 is 0 Å². The van der Waals surface area contributed by atoms with Crippen LogP contribution in [0.5, 0.6) is 0 Å². The van der Waals surface area contributed by atoms with Gasteiger partial charge in [-0.15, -0.1) is 0 Å². The minimum Gasteiger partial charge on any atom is -0.451 e. The van der Waals surface area contributed by atoms with Crippen molar-refractivity contribution in [2.24, 2.45) is 5.41 Å². The SMILES string of the molecule is CCC1(CO)CCN(C(=O)c2cc3cc(Cl)ccc3o2)CC1. The van der Waals surface area contributed by atoms with E-state index in [0.717, 1.165) is 24.6 Å². The molecule has 0 atom stereocenters. The number of nitrogens with zero attached hydrogens (tertiary/aromatic N) is 1. The van der Waals surface area contributed by atoms with Crippen LogP contribution in [0, 0.1) is 5.41 Å². The first-order valence-corrected chi connectivity index (χ1v) is 8.04. The molecule has 1 aromatic heterocycles. The topological polar surface area (TPSA) is 53.7 Å². The van der Waals surface area contributed by atoms with Gasteiger partial charge in [-0.05, 0) is 48.9 Å². The Balaban J connectivity index is 1.76. The molecule has 118 valence electrons. The summed E-state index contributed by atoms with van der Waals surface area (Å²) in [6.45, 7) is 3.60. The summed E-state index contributed by atoms with van der Waals surface area (Å²) in [4.78, 5) is 14.4. The van der Waals surface area contributed by atoms with E-state index in [1.807, 2.05) is 4.90 Å². The molecule has 0 bridgehead atoms. The van der Waals surface area contributed by atoms with E-state index in [1.54, 1.807) is 24.3 Å². The number of carbonyl (C=O) groups excluding carboxylic acids is 1. The zero-order valence-corrected chi connectivity index (χ0v) is 13.4. The molecule has 1 aliphatic heterocycles. The van der Waals surface area contributed by atoms with Crippen LogP contribution in [0.4, 0.5) is 0 Å². The Labute approximate surface area is 134 Å². The Morgan fingerprint density at radius 1 is 1.36 bits per heavy atom. The number of halogens is 1. The van der Waals surface area contributed by atoms with E-state index in [9.17, 15) is 9.90 Å². The quantitative estimate of drug-likeness (QED) is 0.937. The van der Waals surface area contributed by atoms with Crippen LogP contribution >= 0.6 is 11.6 Å². The lowest BCUT2D eigenvalue weighted by molar-refractivity contribution is 0.0321. The van der Waals surface area contributed by atoms with Crippen molar-refractivity contribution in [1.29, 1.82) is 0 Å². The summed E-state index contributed by atoms with van der Waals surface area (Å²) in [6, 6.07) is 7.07. The molecule has 1 amide bonds. The maximum absolute atomic E-state index is 12.6. The maximum atomic E-state index is 12.6. The number of furan rings is 1. The first-order valence-electron chi connectivity index (χ1n) is 7.66. The van der Waals surface area contributed by atoms with Crippen LogP contribution in [-0.4, -0.2) is 35.6 Å². The van der Waals surface area contributed by atoms with Crippen LogP contribution < -0.4 is 0 Å². The minimum atomic E-state index is -0.0880. The highest BCUT2D eigenvalue weighted by Gasteiger charge is 2.34. The van der Waals surface area contributed by atoms with Crippen LogP contribution in [0.1, 0.15) is 36.7 Å². The van der Waals surface area contributed by atoms with Gasteiger partial charge in [0, 0.05) is 30.1 Å². The average Bonchev–Trinajstić information content (AvgIpc) is 2.97. The largest absolute Gasteiger partial charge is 0.451 e. The fourth-order valence-electron chi connectivity index (χ4n) is 3.08. The maximum Gasteiger partial charge on any atom is 0.289 e. The molecular formula is C17H20ClNO3. The molecule has 0 unspecified atom stereocenters. The van der Waals surface area contributed by atoms with Gasteiger partial charge in [0.1, 0.15) is 5.58 Å². The highest BCUT2D eigenvalue weighted by molar-refractivity contribution is 6.31. The van der Waals surface area contributed by atoms with Crippen molar-refractivity contribution in [1.82, 2.24) is 4.90 Å². The molecule has 1 saturated heterocycles.